The Kier molecular flexibility index (Phi) is 3.69. The second-order valence-electron chi connectivity index (χ2n) is 3.69. The Hall–Kier alpha value is -1.06. The minimum absolute atomic E-state index is 0.314. The summed E-state index contributed by atoms with van der Waals surface area (Å²) in [5, 5.41) is 0.617. The van der Waals surface area contributed by atoms with Gasteiger partial charge in [0.1, 0.15) is 5.82 Å². The van der Waals surface area contributed by atoms with Gasteiger partial charge in [-0.05, 0) is 39.7 Å². The fourth-order valence-electron chi connectivity index (χ4n) is 1.62. The minimum Gasteiger partial charge on any atom is -0.397 e. The first-order valence-corrected chi connectivity index (χ1v) is 6.22. The molecule has 0 heterocycles. The van der Waals surface area contributed by atoms with Gasteiger partial charge in [0.15, 0.2) is 0 Å². The van der Waals surface area contributed by atoms with Crippen molar-refractivity contribution in [1.82, 2.24) is 0 Å². The fraction of sp³-hybridized carbons (Fsp3) is 0.0769. The van der Waals surface area contributed by atoms with Gasteiger partial charge >= 0.3 is 0 Å². The van der Waals surface area contributed by atoms with E-state index in [9.17, 15) is 4.39 Å². The molecule has 2 N–H and O–H groups in total. The van der Waals surface area contributed by atoms with Crippen molar-refractivity contribution in [3.05, 3.63) is 62.8 Å². The van der Waals surface area contributed by atoms with Gasteiger partial charge in [-0.15, -0.1) is 0 Å². The summed E-state index contributed by atoms with van der Waals surface area (Å²) in [5.41, 5.74) is 7.60. The first kappa shape index (κ1) is 12.4. The lowest BCUT2D eigenvalue weighted by Gasteiger charge is -2.10. The average molecular weight is 315 g/mol. The highest BCUT2D eigenvalue weighted by Crippen LogP contribution is 2.29. The van der Waals surface area contributed by atoms with Crippen molar-refractivity contribution in [2.24, 2.45) is 0 Å². The predicted molar refractivity (Wildman–Crippen MR) is 72.8 cm³/mol. The molecule has 0 saturated heterocycles. The van der Waals surface area contributed by atoms with Gasteiger partial charge in [0.25, 0.3) is 0 Å². The number of hydrogen-bond donors (Lipinski definition) is 1. The summed E-state index contributed by atoms with van der Waals surface area (Å²) in [6, 6.07) is 10.3. The summed E-state index contributed by atoms with van der Waals surface area (Å²) in [6.07, 6.45) is 0.386. The van der Waals surface area contributed by atoms with E-state index >= 15 is 0 Å². The number of hydrogen-bond acceptors (Lipinski definition) is 1. The molecule has 0 radical (unpaired) electrons. The molecule has 0 fully saturated rings. The lowest BCUT2D eigenvalue weighted by atomic mass is 10.0. The van der Waals surface area contributed by atoms with E-state index in [1.54, 1.807) is 12.1 Å². The molecule has 0 bridgehead atoms. The monoisotopic (exact) mass is 313 g/mol. The maximum absolute atomic E-state index is 13.7. The summed E-state index contributed by atoms with van der Waals surface area (Å²) >= 11 is 9.33. The molecular weight excluding hydrogens is 305 g/mol. The molecule has 2 aromatic rings. The standard InChI is InChI=1S/C13H10BrClFN/c14-10-5-6-12(16)9(13(10)17)7-8-3-1-2-4-11(8)15/h1-6H,7,17H2. The van der Waals surface area contributed by atoms with Crippen LogP contribution >= 0.6 is 27.5 Å². The number of rotatable bonds is 2. The SMILES string of the molecule is Nc1c(Br)ccc(F)c1Cc1ccccc1Cl. The van der Waals surface area contributed by atoms with Crippen molar-refractivity contribution in [3.63, 3.8) is 0 Å². The van der Waals surface area contributed by atoms with E-state index in [1.165, 1.54) is 6.07 Å². The molecule has 4 heteroatoms. The molecule has 1 nitrogen and oxygen atoms in total. The van der Waals surface area contributed by atoms with E-state index in [2.05, 4.69) is 15.9 Å². The quantitative estimate of drug-likeness (QED) is 0.816. The van der Waals surface area contributed by atoms with Crippen molar-refractivity contribution in [1.29, 1.82) is 0 Å². The summed E-state index contributed by atoms with van der Waals surface area (Å²) in [7, 11) is 0. The van der Waals surface area contributed by atoms with Gasteiger partial charge in [0, 0.05) is 21.5 Å². The van der Waals surface area contributed by atoms with Gasteiger partial charge in [-0.2, -0.15) is 0 Å². The maximum Gasteiger partial charge on any atom is 0.128 e. The molecule has 0 amide bonds. The Bertz CT molecular complexity index is 557. The van der Waals surface area contributed by atoms with Gasteiger partial charge in [-0.3, -0.25) is 0 Å². The average Bonchev–Trinajstić information content (AvgIpc) is 2.32. The van der Waals surface area contributed by atoms with E-state index in [-0.39, 0.29) is 5.82 Å². The third-order valence-electron chi connectivity index (χ3n) is 2.57. The Labute approximate surface area is 113 Å². The fourth-order valence-corrected chi connectivity index (χ4v) is 2.20. The lowest BCUT2D eigenvalue weighted by Crippen LogP contribution is -2.00. The summed E-state index contributed by atoms with van der Waals surface area (Å²) in [4.78, 5) is 0. The molecule has 0 aliphatic rings. The summed E-state index contributed by atoms with van der Waals surface area (Å²) < 4.78 is 14.4. The number of nitrogens with two attached hydrogens (primary N) is 1. The van der Waals surface area contributed by atoms with Gasteiger partial charge in [0.05, 0.1) is 5.69 Å². The van der Waals surface area contributed by atoms with Crippen LogP contribution in [0, 0.1) is 5.82 Å². The maximum atomic E-state index is 13.7. The highest BCUT2D eigenvalue weighted by atomic mass is 79.9. The molecule has 0 unspecified atom stereocenters. The van der Waals surface area contributed by atoms with Crippen LogP contribution in [0.4, 0.5) is 10.1 Å². The van der Waals surface area contributed by atoms with Crippen LogP contribution in [-0.4, -0.2) is 0 Å². The first-order chi connectivity index (χ1) is 8.09. The second-order valence-corrected chi connectivity index (χ2v) is 4.95. The zero-order valence-corrected chi connectivity index (χ0v) is 11.2. The zero-order valence-electron chi connectivity index (χ0n) is 8.88. The van der Waals surface area contributed by atoms with E-state index in [0.29, 0.717) is 27.2 Å². The molecule has 0 aliphatic heterocycles. The molecular formula is C13H10BrClFN. The van der Waals surface area contributed by atoms with Crippen LogP contribution < -0.4 is 5.73 Å². The highest BCUT2D eigenvalue weighted by Gasteiger charge is 2.11. The number of benzene rings is 2. The minimum atomic E-state index is -0.314. The van der Waals surface area contributed by atoms with Gasteiger partial charge < -0.3 is 5.73 Å². The molecule has 0 aliphatic carbocycles. The Morgan fingerprint density at radius 3 is 2.59 bits per heavy atom. The van der Waals surface area contributed by atoms with Gasteiger partial charge in [-0.1, -0.05) is 29.8 Å². The van der Waals surface area contributed by atoms with Crippen LogP contribution in [0.1, 0.15) is 11.1 Å². The number of anilines is 1. The Morgan fingerprint density at radius 2 is 1.88 bits per heavy atom. The first-order valence-electron chi connectivity index (χ1n) is 5.05. The van der Waals surface area contributed by atoms with Gasteiger partial charge in [0.2, 0.25) is 0 Å². The largest absolute Gasteiger partial charge is 0.397 e. The molecule has 0 aromatic heterocycles. The molecule has 0 spiro atoms. The van der Waals surface area contributed by atoms with Crippen molar-refractivity contribution in [2.75, 3.05) is 5.73 Å². The lowest BCUT2D eigenvalue weighted by molar-refractivity contribution is 0.614. The van der Waals surface area contributed by atoms with Crippen LogP contribution in [0.15, 0.2) is 40.9 Å². The second kappa shape index (κ2) is 5.07. The molecule has 0 saturated carbocycles. The molecule has 0 atom stereocenters. The molecule has 2 aromatic carbocycles. The number of halogens is 3. The third kappa shape index (κ3) is 2.61. The zero-order chi connectivity index (χ0) is 12.4. The molecule has 17 heavy (non-hydrogen) atoms. The smallest absolute Gasteiger partial charge is 0.128 e. The third-order valence-corrected chi connectivity index (χ3v) is 3.63. The Balaban J connectivity index is 2.43. The van der Waals surface area contributed by atoms with E-state index in [0.717, 1.165) is 5.56 Å². The summed E-state index contributed by atoms with van der Waals surface area (Å²) in [5.74, 6) is -0.314. The van der Waals surface area contributed by atoms with E-state index in [4.69, 9.17) is 17.3 Å². The van der Waals surface area contributed by atoms with Crippen molar-refractivity contribution >= 4 is 33.2 Å². The molecule has 2 rings (SSSR count). The van der Waals surface area contributed by atoms with E-state index in [1.807, 2.05) is 18.2 Å². The van der Waals surface area contributed by atoms with Crippen LogP contribution in [-0.2, 0) is 6.42 Å². The summed E-state index contributed by atoms with van der Waals surface area (Å²) in [6.45, 7) is 0. The predicted octanol–water partition coefficient (Wildman–Crippen LogP) is 4.41. The van der Waals surface area contributed by atoms with E-state index < -0.39 is 0 Å². The van der Waals surface area contributed by atoms with Crippen LogP contribution in [0.3, 0.4) is 0 Å². The molecule has 88 valence electrons. The Morgan fingerprint density at radius 1 is 1.18 bits per heavy atom. The van der Waals surface area contributed by atoms with Crippen molar-refractivity contribution in [3.8, 4) is 0 Å². The van der Waals surface area contributed by atoms with Crippen LogP contribution in [0.2, 0.25) is 5.02 Å². The normalized spacial score (nSPS) is 10.5. The topological polar surface area (TPSA) is 26.0 Å². The van der Waals surface area contributed by atoms with Crippen molar-refractivity contribution in [2.45, 2.75) is 6.42 Å². The van der Waals surface area contributed by atoms with Gasteiger partial charge in [-0.25, -0.2) is 4.39 Å². The van der Waals surface area contributed by atoms with Crippen LogP contribution in [0.5, 0.6) is 0 Å². The van der Waals surface area contributed by atoms with Crippen molar-refractivity contribution < 1.29 is 4.39 Å². The van der Waals surface area contributed by atoms with Crippen LogP contribution in [0.25, 0.3) is 0 Å². The number of nitrogen functional groups attached to an aromatic ring is 1. The highest BCUT2D eigenvalue weighted by molar-refractivity contribution is 9.10.